The summed E-state index contributed by atoms with van der Waals surface area (Å²) in [5.74, 6) is -0.221. The molecule has 0 aliphatic carbocycles. The molecule has 0 rings (SSSR count). The Bertz CT molecular complexity index is 145. The van der Waals surface area contributed by atoms with Gasteiger partial charge in [0, 0.05) is 0 Å². The van der Waals surface area contributed by atoms with Crippen molar-refractivity contribution < 1.29 is 9.53 Å². The molecule has 0 spiro atoms. The van der Waals surface area contributed by atoms with Gasteiger partial charge >= 0.3 is 82.5 Å². The predicted octanol–water partition coefficient (Wildman–Crippen LogP) is 1.07. The van der Waals surface area contributed by atoms with Gasteiger partial charge in [0.25, 0.3) is 0 Å². The van der Waals surface area contributed by atoms with E-state index in [1.807, 2.05) is 0 Å². The third-order valence-electron chi connectivity index (χ3n) is 1.44. The molecule has 0 aromatic heterocycles. The zero-order chi connectivity index (χ0) is 9.40. The van der Waals surface area contributed by atoms with Crippen LogP contribution < -0.4 is 0 Å². The molecule has 0 aromatic carbocycles. The van der Waals surface area contributed by atoms with Crippen molar-refractivity contribution in [2.45, 2.75) is 26.2 Å². The predicted molar refractivity (Wildman–Crippen MR) is 52.5 cm³/mol. The van der Waals surface area contributed by atoms with Gasteiger partial charge in [-0.3, -0.25) is 0 Å². The average molecular weight is 231 g/mol. The van der Waals surface area contributed by atoms with Crippen molar-refractivity contribution in [1.29, 1.82) is 0 Å². The molecule has 0 bridgehead atoms. The van der Waals surface area contributed by atoms with Crippen molar-refractivity contribution in [2.24, 2.45) is 0 Å². The maximum absolute atomic E-state index is 11.0. The number of carbonyl (C=O) groups excluding carboxylic acids is 1. The van der Waals surface area contributed by atoms with E-state index >= 15 is 0 Å². The molecule has 0 saturated heterocycles. The molecule has 69 valence electrons. The van der Waals surface area contributed by atoms with E-state index in [4.69, 9.17) is 4.74 Å². The van der Waals surface area contributed by atoms with E-state index in [0.29, 0.717) is 11.3 Å². The second-order valence-corrected chi connectivity index (χ2v) is 3.81. The Kier molecular flexibility index (Phi) is 7.28. The standard InChI is InChI=1S/C9H16AsO2/c1-3-5-6-7-12-9(11)8(10)4-2/h4H,2-3,5-7,10H2,1H3. The van der Waals surface area contributed by atoms with E-state index in [-0.39, 0.29) is 5.97 Å². The van der Waals surface area contributed by atoms with Gasteiger partial charge in [-0.2, -0.15) is 0 Å². The Hall–Kier alpha value is -0.232. The van der Waals surface area contributed by atoms with Crippen LogP contribution >= 0.6 is 0 Å². The van der Waals surface area contributed by atoms with Gasteiger partial charge in [-0.1, -0.05) is 0 Å². The van der Waals surface area contributed by atoms with Gasteiger partial charge in [-0.25, -0.2) is 0 Å². The van der Waals surface area contributed by atoms with E-state index in [9.17, 15) is 4.79 Å². The van der Waals surface area contributed by atoms with Gasteiger partial charge in [0.2, 0.25) is 0 Å². The number of rotatable bonds is 6. The summed E-state index contributed by atoms with van der Waals surface area (Å²) < 4.78 is 5.60. The van der Waals surface area contributed by atoms with Crippen LogP contribution in [0.3, 0.4) is 0 Å². The SMILES string of the molecule is C=C[C]([AsH2])C(=O)OCCCCC. The van der Waals surface area contributed by atoms with Gasteiger partial charge in [-0.05, 0) is 0 Å². The minimum atomic E-state index is -0.221. The summed E-state index contributed by atoms with van der Waals surface area (Å²) in [5, 5.41) is 0. The first kappa shape index (κ1) is 11.8. The van der Waals surface area contributed by atoms with Crippen molar-refractivity contribution in [1.82, 2.24) is 0 Å². The molecule has 0 aliphatic heterocycles. The molecule has 0 N–H and O–H groups in total. The molecule has 0 heterocycles. The number of hydrogen-bond donors (Lipinski definition) is 0. The Morgan fingerprint density at radius 3 is 2.75 bits per heavy atom. The summed E-state index contributed by atoms with van der Waals surface area (Å²) in [4.78, 5) is 11.0. The van der Waals surface area contributed by atoms with Gasteiger partial charge in [0.1, 0.15) is 0 Å². The minimum absolute atomic E-state index is 0.221. The Labute approximate surface area is 82.9 Å². The van der Waals surface area contributed by atoms with Crippen LogP contribution in [0, 0.1) is 4.71 Å². The average Bonchev–Trinajstić information content (AvgIpc) is 2.10. The number of esters is 1. The second-order valence-electron chi connectivity index (χ2n) is 2.50. The van der Waals surface area contributed by atoms with E-state index in [1.165, 1.54) is 16.9 Å². The topological polar surface area (TPSA) is 26.3 Å². The normalized spacial score (nSPS) is 9.92. The molecule has 3 heteroatoms. The van der Waals surface area contributed by atoms with E-state index < -0.39 is 0 Å². The molecule has 1 radical (unpaired) electrons. The van der Waals surface area contributed by atoms with E-state index in [1.54, 1.807) is 6.08 Å². The third-order valence-corrected chi connectivity index (χ3v) is 2.43. The molecular formula is C9H16AsO2. The number of unbranched alkanes of at least 4 members (excludes halogenated alkanes) is 2. The molecule has 0 aliphatic rings. The molecule has 0 fully saturated rings. The van der Waals surface area contributed by atoms with Crippen LogP contribution in [0.1, 0.15) is 26.2 Å². The van der Waals surface area contributed by atoms with E-state index in [2.05, 4.69) is 13.5 Å². The first-order valence-electron chi connectivity index (χ1n) is 4.14. The summed E-state index contributed by atoms with van der Waals surface area (Å²) >= 11 is 1.26. The zero-order valence-electron chi connectivity index (χ0n) is 7.51. The van der Waals surface area contributed by atoms with Crippen LogP contribution in [0.2, 0.25) is 0 Å². The van der Waals surface area contributed by atoms with Crippen molar-refractivity contribution in [3.05, 3.63) is 17.4 Å². The van der Waals surface area contributed by atoms with Crippen molar-refractivity contribution >= 4 is 22.8 Å². The zero-order valence-corrected chi connectivity index (χ0v) is 9.93. The van der Waals surface area contributed by atoms with Crippen LogP contribution in [0.5, 0.6) is 0 Å². The van der Waals surface area contributed by atoms with Crippen LogP contribution in [0.4, 0.5) is 0 Å². The van der Waals surface area contributed by atoms with Crippen LogP contribution in [0.15, 0.2) is 12.7 Å². The maximum atomic E-state index is 11.0. The van der Waals surface area contributed by atoms with Gasteiger partial charge < -0.3 is 0 Å². The number of ether oxygens (including phenoxy) is 1. The van der Waals surface area contributed by atoms with E-state index in [0.717, 1.165) is 19.3 Å². The molecule has 1 atom stereocenters. The fourth-order valence-corrected chi connectivity index (χ4v) is 0.858. The summed E-state index contributed by atoms with van der Waals surface area (Å²) in [7, 11) is 0. The van der Waals surface area contributed by atoms with Crippen molar-refractivity contribution in [3.63, 3.8) is 0 Å². The summed E-state index contributed by atoms with van der Waals surface area (Å²) in [6.45, 7) is 6.16. The molecule has 12 heavy (non-hydrogen) atoms. The fraction of sp³-hybridized carbons (Fsp3) is 0.556. The first-order valence-corrected chi connectivity index (χ1v) is 5.35. The summed E-state index contributed by atoms with van der Waals surface area (Å²) in [6, 6.07) is 0. The second kappa shape index (κ2) is 7.42. The number of hydrogen-bond acceptors (Lipinski definition) is 2. The fourth-order valence-electron chi connectivity index (χ4n) is 0.684. The van der Waals surface area contributed by atoms with Gasteiger partial charge in [-0.15, -0.1) is 0 Å². The Morgan fingerprint density at radius 2 is 2.25 bits per heavy atom. The van der Waals surface area contributed by atoms with Crippen molar-refractivity contribution in [2.75, 3.05) is 6.61 Å². The molecule has 1 unspecified atom stereocenters. The Balaban J connectivity index is 3.37. The first-order chi connectivity index (χ1) is 5.72. The van der Waals surface area contributed by atoms with Gasteiger partial charge in [0.15, 0.2) is 0 Å². The molecule has 0 saturated carbocycles. The molecule has 2 nitrogen and oxygen atoms in total. The van der Waals surface area contributed by atoms with Crippen LogP contribution in [-0.2, 0) is 9.53 Å². The summed E-state index contributed by atoms with van der Waals surface area (Å²) in [5.41, 5.74) is 0. The summed E-state index contributed by atoms with van der Waals surface area (Å²) in [6.07, 6.45) is 4.76. The van der Waals surface area contributed by atoms with Crippen LogP contribution in [-0.4, -0.2) is 29.4 Å². The quantitative estimate of drug-likeness (QED) is 0.388. The van der Waals surface area contributed by atoms with Crippen LogP contribution in [0.25, 0.3) is 0 Å². The monoisotopic (exact) mass is 231 g/mol. The molecular weight excluding hydrogens is 215 g/mol. The number of carbonyl (C=O) groups is 1. The molecule has 0 amide bonds. The van der Waals surface area contributed by atoms with Crippen molar-refractivity contribution in [3.8, 4) is 0 Å². The Morgan fingerprint density at radius 1 is 1.58 bits per heavy atom. The van der Waals surface area contributed by atoms with Gasteiger partial charge in [0.05, 0.1) is 0 Å². The third kappa shape index (κ3) is 5.42. The molecule has 0 aromatic rings.